The Labute approximate surface area is 179 Å². The van der Waals surface area contributed by atoms with Crippen LogP contribution < -0.4 is 16.0 Å². The van der Waals surface area contributed by atoms with Gasteiger partial charge in [0.2, 0.25) is 5.95 Å². The number of aliphatic hydroxyl groups excluding tert-OH is 1. The third kappa shape index (κ3) is 6.52. The first-order valence-corrected chi connectivity index (χ1v) is 11.3. The Morgan fingerprint density at radius 2 is 1.70 bits per heavy atom. The van der Waals surface area contributed by atoms with E-state index in [1.54, 1.807) is 6.33 Å². The van der Waals surface area contributed by atoms with E-state index in [0.29, 0.717) is 5.95 Å². The Hall–Kier alpha value is -2.48. The van der Waals surface area contributed by atoms with Crippen LogP contribution in [0.2, 0.25) is 0 Å². The summed E-state index contributed by atoms with van der Waals surface area (Å²) in [5, 5.41) is 20.1. The van der Waals surface area contributed by atoms with Crippen molar-refractivity contribution in [3.05, 3.63) is 18.6 Å². The van der Waals surface area contributed by atoms with Gasteiger partial charge >= 0.3 is 0 Å². The van der Waals surface area contributed by atoms with E-state index in [0.717, 1.165) is 87.3 Å². The monoisotopic (exact) mass is 413 g/mol. The fourth-order valence-electron chi connectivity index (χ4n) is 3.55. The van der Waals surface area contributed by atoms with Crippen LogP contribution in [-0.2, 0) is 0 Å². The van der Waals surface area contributed by atoms with Crippen LogP contribution in [-0.4, -0.2) is 50.3 Å². The summed E-state index contributed by atoms with van der Waals surface area (Å²) < 4.78 is 0. The van der Waals surface area contributed by atoms with Gasteiger partial charge in [0.05, 0.1) is 17.4 Å². The van der Waals surface area contributed by atoms with Crippen LogP contribution in [0, 0.1) is 0 Å². The van der Waals surface area contributed by atoms with Crippen molar-refractivity contribution in [2.24, 2.45) is 0 Å². The summed E-state index contributed by atoms with van der Waals surface area (Å²) >= 11 is 0. The Morgan fingerprint density at radius 3 is 2.43 bits per heavy atom. The van der Waals surface area contributed by atoms with Crippen molar-refractivity contribution in [2.45, 2.75) is 77.4 Å². The third-order valence-electron chi connectivity index (χ3n) is 5.42. The second kappa shape index (κ2) is 11.6. The third-order valence-corrected chi connectivity index (χ3v) is 5.42. The molecule has 0 unspecified atom stereocenters. The summed E-state index contributed by atoms with van der Waals surface area (Å²) in [5.74, 6) is 2.22. The Bertz CT molecular complexity index is 778. The number of unbranched alkanes of at least 4 members (excludes halogenated alkanes) is 2. The average Bonchev–Trinajstić information content (AvgIpc) is 2.76. The standard InChI is InChI=1S/C22H35N7O/c1-3-5-11-23-20-13-19(26-15-27-20)18-14-25-22(24-12-6-4-2)29-21(18)28-16-7-9-17(30)10-8-16/h13-17,30H,3-12H2,1-2H3,(H,23,26,27)(H2,24,25,28,29)/t16-,17-. The van der Waals surface area contributed by atoms with Crippen LogP contribution in [0.3, 0.4) is 0 Å². The maximum Gasteiger partial charge on any atom is 0.224 e. The van der Waals surface area contributed by atoms with Crippen molar-refractivity contribution in [2.75, 3.05) is 29.0 Å². The molecule has 0 aliphatic heterocycles. The van der Waals surface area contributed by atoms with E-state index in [2.05, 4.69) is 44.7 Å². The molecule has 0 radical (unpaired) electrons. The molecule has 1 saturated carbocycles. The van der Waals surface area contributed by atoms with Crippen molar-refractivity contribution in [1.82, 2.24) is 19.9 Å². The fourth-order valence-corrected chi connectivity index (χ4v) is 3.55. The minimum Gasteiger partial charge on any atom is -0.393 e. The van der Waals surface area contributed by atoms with E-state index in [9.17, 15) is 5.11 Å². The maximum atomic E-state index is 9.82. The van der Waals surface area contributed by atoms with Crippen molar-refractivity contribution in [3.63, 3.8) is 0 Å². The minimum atomic E-state index is -0.183. The molecule has 8 nitrogen and oxygen atoms in total. The maximum absolute atomic E-state index is 9.82. The normalized spacial score (nSPS) is 18.8. The predicted octanol–water partition coefficient (Wildman–Crippen LogP) is 4.07. The molecule has 2 aromatic heterocycles. The van der Waals surface area contributed by atoms with Crippen LogP contribution >= 0.6 is 0 Å². The number of rotatable bonds is 11. The second-order valence-corrected chi connectivity index (χ2v) is 7.95. The lowest BCUT2D eigenvalue weighted by atomic mass is 9.93. The number of aliphatic hydroxyl groups is 1. The predicted molar refractivity (Wildman–Crippen MR) is 122 cm³/mol. The quantitative estimate of drug-likeness (QED) is 0.408. The van der Waals surface area contributed by atoms with Gasteiger partial charge in [0.25, 0.3) is 0 Å². The zero-order valence-electron chi connectivity index (χ0n) is 18.2. The average molecular weight is 414 g/mol. The van der Waals surface area contributed by atoms with Crippen molar-refractivity contribution >= 4 is 17.6 Å². The number of nitrogens with zero attached hydrogens (tertiary/aromatic N) is 4. The summed E-state index contributed by atoms with van der Waals surface area (Å²) in [5.41, 5.74) is 1.66. The largest absolute Gasteiger partial charge is 0.393 e. The van der Waals surface area contributed by atoms with E-state index in [1.165, 1.54) is 0 Å². The molecule has 1 fully saturated rings. The van der Waals surface area contributed by atoms with E-state index < -0.39 is 0 Å². The van der Waals surface area contributed by atoms with Gasteiger partial charge in [-0.1, -0.05) is 26.7 Å². The van der Waals surface area contributed by atoms with Gasteiger partial charge in [0.1, 0.15) is 18.0 Å². The molecule has 1 aliphatic carbocycles. The molecule has 0 aromatic carbocycles. The fraction of sp³-hybridized carbons (Fsp3) is 0.636. The van der Waals surface area contributed by atoms with Gasteiger partial charge in [0.15, 0.2) is 0 Å². The number of aromatic nitrogens is 4. The molecular weight excluding hydrogens is 378 g/mol. The Kier molecular flexibility index (Phi) is 8.62. The first-order valence-electron chi connectivity index (χ1n) is 11.3. The van der Waals surface area contributed by atoms with E-state index in [4.69, 9.17) is 4.98 Å². The zero-order chi connectivity index (χ0) is 21.2. The van der Waals surface area contributed by atoms with Gasteiger partial charge in [-0.2, -0.15) is 4.98 Å². The van der Waals surface area contributed by atoms with Gasteiger partial charge in [-0.25, -0.2) is 15.0 Å². The summed E-state index contributed by atoms with van der Waals surface area (Å²) in [4.78, 5) is 18.1. The van der Waals surface area contributed by atoms with E-state index >= 15 is 0 Å². The SMILES string of the molecule is CCCCNc1cc(-c2cnc(NCCCC)nc2N[C@H]2CC[C@H](O)CC2)ncn1. The minimum absolute atomic E-state index is 0.183. The molecule has 0 spiro atoms. The van der Waals surface area contributed by atoms with Crippen LogP contribution in [0.1, 0.15) is 65.2 Å². The molecule has 0 atom stereocenters. The lowest BCUT2D eigenvalue weighted by molar-refractivity contribution is 0.126. The molecule has 1 aliphatic rings. The summed E-state index contributed by atoms with van der Waals surface area (Å²) in [6, 6.07) is 2.24. The highest BCUT2D eigenvalue weighted by Gasteiger charge is 2.21. The van der Waals surface area contributed by atoms with Gasteiger partial charge < -0.3 is 21.1 Å². The molecule has 0 saturated heterocycles. The van der Waals surface area contributed by atoms with Crippen molar-refractivity contribution in [3.8, 4) is 11.3 Å². The van der Waals surface area contributed by atoms with Crippen molar-refractivity contribution in [1.29, 1.82) is 0 Å². The number of hydrogen-bond donors (Lipinski definition) is 4. The molecule has 164 valence electrons. The Balaban J connectivity index is 1.81. The molecule has 2 heterocycles. The molecule has 0 bridgehead atoms. The summed E-state index contributed by atoms with van der Waals surface area (Å²) in [7, 11) is 0. The van der Waals surface area contributed by atoms with Gasteiger partial charge in [-0.3, -0.25) is 0 Å². The van der Waals surface area contributed by atoms with Gasteiger partial charge in [-0.15, -0.1) is 0 Å². The molecular formula is C22H35N7O. The lowest BCUT2D eigenvalue weighted by Gasteiger charge is -2.27. The molecule has 4 N–H and O–H groups in total. The van der Waals surface area contributed by atoms with Gasteiger partial charge in [0, 0.05) is 31.4 Å². The highest BCUT2D eigenvalue weighted by Crippen LogP contribution is 2.29. The first-order chi connectivity index (χ1) is 14.7. The first kappa shape index (κ1) is 22.2. The highest BCUT2D eigenvalue weighted by molar-refractivity contribution is 5.74. The van der Waals surface area contributed by atoms with Crippen LogP contribution in [0.4, 0.5) is 17.6 Å². The van der Waals surface area contributed by atoms with E-state index in [1.807, 2.05) is 12.3 Å². The van der Waals surface area contributed by atoms with Crippen LogP contribution in [0.15, 0.2) is 18.6 Å². The van der Waals surface area contributed by atoms with E-state index in [-0.39, 0.29) is 12.1 Å². The number of hydrogen-bond acceptors (Lipinski definition) is 8. The molecule has 0 amide bonds. The topological polar surface area (TPSA) is 108 Å². The van der Waals surface area contributed by atoms with Crippen molar-refractivity contribution < 1.29 is 5.11 Å². The molecule has 30 heavy (non-hydrogen) atoms. The van der Waals surface area contributed by atoms with Crippen LogP contribution in [0.5, 0.6) is 0 Å². The molecule has 8 heteroatoms. The summed E-state index contributed by atoms with van der Waals surface area (Å²) in [6.07, 6.45) is 11.2. The lowest BCUT2D eigenvalue weighted by Crippen LogP contribution is -2.29. The van der Waals surface area contributed by atoms with Gasteiger partial charge in [-0.05, 0) is 38.5 Å². The smallest absolute Gasteiger partial charge is 0.224 e. The zero-order valence-corrected chi connectivity index (χ0v) is 18.2. The Morgan fingerprint density at radius 1 is 0.967 bits per heavy atom. The summed E-state index contributed by atoms with van der Waals surface area (Å²) in [6.45, 7) is 6.07. The molecule has 3 rings (SSSR count). The van der Waals surface area contributed by atoms with Crippen LogP contribution in [0.25, 0.3) is 11.3 Å². The molecule has 2 aromatic rings. The number of nitrogens with one attached hydrogen (secondary N) is 3. The second-order valence-electron chi connectivity index (χ2n) is 7.95. The number of anilines is 3. The highest BCUT2D eigenvalue weighted by atomic mass is 16.3.